The molecule has 0 aliphatic heterocycles. The van der Waals surface area contributed by atoms with Gasteiger partial charge in [-0.15, -0.1) is 0 Å². The van der Waals surface area contributed by atoms with Crippen molar-refractivity contribution in [2.24, 2.45) is 0 Å². The predicted molar refractivity (Wildman–Crippen MR) is 61.5 cm³/mol. The van der Waals surface area contributed by atoms with Crippen molar-refractivity contribution in [1.29, 1.82) is 0 Å². The molecule has 0 radical (unpaired) electrons. The molecule has 1 rings (SSSR count). The fraction of sp³-hybridized carbons (Fsp3) is 0.308. The highest BCUT2D eigenvalue weighted by atomic mass is 16.3. The van der Waals surface area contributed by atoms with Crippen LogP contribution >= 0.6 is 0 Å². The van der Waals surface area contributed by atoms with Crippen molar-refractivity contribution < 1.29 is 9.90 Å². The number of carbonyl (C=O) groups is 1. The number of hydrogen-bond acceptors (Lipinski definition) is 2. The number of rotatable bonds is 4. The number of hydrogen-bond donors (Lipinski definition) is 1. The van der Waals surface area contributed by atoms with Gasteiger partial charge in [0, 0.05) is 6.42 Å². The van der Waals surface area contributed by atoms with Crippen molar-refractivity contribution in [3.05, 3.63) is 41.5 Å². The maximum Gasteiger partial charge on any atom is 0.151 e. The summed E-state index contributed by atoms with van der Waals surface area (Å²) in [5.41, 5.74) is 0.814. The first-order valence-electron chi connectivity index (χ1n) is 4.98. The van der Waals surface area contributed by atoms with Crippen molar-refractivity contribution in [1.82, 2.24) is 0 Å². The normalized spacial score (nSPS) is 15.1. The third-order valence-electron chi connectivity index (χ3n) is 2.15. The third kappa shape index (κ3) is 3.68. The molecule has 0 aliphatic carbocycles. The van der Waals surface area contributed by atoms with E-state index < -0.39 is 5.60 Å². The lowest BCUT2D eigenvalue weighted by molar-refractivity contribution is -0.122. The highest BCUT2D eigenvalue weighted by molar-refractivity contribution is 5.62. The Morgan fingerprint density at radius 2 is 1.93 bits per heavy atom. The summed E-state index contributed by atoms with van der Waals surface area (Å²) in [5.74, 6) is 0. The van der Waals surface area contributed by atoms with E-state index in [4.69, 9.17) is 0 Å². The Kier molecular flexibility index (Phi) is 3.81. The lowest BCUT2D eigenvalue weighted by Gasteiger charge is -2.15. The Hall–Kier alpha value is -1.41. The minimum atomic E-state index is -1.26. The smallest absolute Gasteiger partial charge is 0.151 e. The van der Waals surface area contributed by atoms with Crippen molar-refractivity contribution >= 4 is 12.4 Å². The van der Waals surface area contributed by atoms with E-state index in [-0.39, 0.29) is 0 Å². The van der Waals surface area contributed by atoms with Gasteiger partial charge < -0.3 is 9.90 Å². The first kappa shape index (κ1) is 11.7. The van der Waals surface area contributed by atoms with E-state index in [2.05, 4.69) is 0 Å². The van der Waals surface area contributed by atoms with Crippen molar-refractivity contribution in [3.8, 4) is 0 Å². The number of aldehydes is 1. The van der Waals surface area contributed by atoms with Crippen molar-refractivity contribution in [2.75, 3.05) is 0 Å². The second-order valence-corrected chi connectivity index (χ2v) is 3.89. The molecule has 0 aromatic heterocycles. The van der Waals surface area contributed by atoms with Gasteiger partial charge in [0.15, 0.2) is 6.29 Å². The van der Waals surface area contributed by atoms with Gasteiger partial charge in [0.2, 0.25) is 0 Å². The molecule has 0 spiro atoms. The number of aliphatic hydroxyl groups is 1. The predicted octanol–water partition coefficient (Wildman–Crippen LogP) is 2.21. The number of carbonyl (C=O) groups excluding carboxylic acids is 1. The molecule has 80 valence electrons. The zero-order chi connectivity index (χ0) is 11.3. The standard InChI is InChI=1S/C13H16O2/c1-3-4-11-5-7-12(8-6-11)9-13(2,15)10-14/h3-8,10,15H,9H2,1-2H3. The summed E-state index contributed by atoms with van der Waals surface area (Å²) in [5, 5.41) is 9.57. The number of benzene rings is 1. The summed E-state index contributed by atoms with van der Waals surface area (Å²) >= 11 is 0. The van der Waals surface area contributed by atoms with E-state index in [9.17, 15) is 9.90 Å². The van der Waals surface area contributed by atoms with E-state index in [1.807, 2.05) is 43.3 Å². The van der Waals surface area contributed by atoms with E-state index in [1.54, 1.807) is 0 Å². The quantitative estimate of drug-likeness (QED) is 0.763. The summed E-state index contributed by atoms with van der Waals surface area (Å²) in [4.78, 5) is 10.5. The highest BCUT2D eigenvalue weighted by Gasteiger charge is 2.19. The second-order valence-electron chi connectivity index (χ2n) is 3.89. The lowest BCUT2D eigenvalue weighted by atomic mass is 9.97. The molecule has 1 atom stereocenters. The molecule has 1 unspecified atom stereocenters. The van der Waals surface area contributed by atoms with Gasteiger partial charge >= 0.3 is 0 Å². The minimum Gasteiger partial charge on any atom is -0.382 e. The molecule has 1 aromatic rings. The molecule has 0 fully saturated rings. The maximum atomic E-state index is 10.5. The number of allylic oxidation sites excluding steroid dienone is 1. The molecule has 0 saturated heterocycles. The van der Waals surface area contributed by atoms with Crippen LogP contribution in [0.4, 0.5) is 0 Å². The van der Waals surface area contributed by atoms with Crippen LogP contribution in [0.3, 0.4) is 0 Å². The topological polar surface area (TPSA) is 37.3 Å². The zero-order valence-electron chi connectivity index (χ0n) is 9.10. The van der Waals surface area contributed by atoms with Crippen LogP contribution in [0.5, 0.6) is 0 Å². The molecular formula is C13H16O2. The first-order chi connectivity index (χ1) is 7.07. The van der Waals surface area contributed by atoms with Gasteiger partial charge in [-0.25, -0.2) is 0 Å². The van der Waals surface area contributed by atoms with Crippen LogP contribution in [0.2, 0.25) is 0 Å². The van der Waals surface area contributed by atoms with E-state index in [0.717, 1.165) is 11.1 Å². The SMILES string of the molecule is CC=Cc1ccc(CC(C)(O)C=O)cc1. The minimum absolute atomic E-state index is 0.354. The monoisotopic (exact) mass is 204 g/mol. The average Bonchev–Trinajstić information content (AvgIpc) is 2.21. The molecule has 1 N–H and O–H groups in total. The summed E-state index contributed by atoms with van der Waals surface area (Å²) in [6.45, 7) is 3.48. The van der Waals surface area contributed by atoms with Crippen LogP contribution in [0.15, 0.2) is 30.3 Å². The zero-order valence-corrected chi connectivity index (χ0v) is 9.10. The Morgan fingerprint density at radius 1 is 1.33 bits per heavy atom. The van der Waals surface area contributed by atoms with Crippen molar-refractivity contribution in [3.63, 3.8) is 0 Å². The summed E-state index contributed by atoms with van der Waals surface area (Å²) < 4.78 is 0. The maximum absolute atomic E-state index is 10.5. The van der Waals surface area contributed by atoms with Crippen LogP contribution in [0, 0.1) is 0 Å². The van der Waals surface area contributed by atoms with Gasteiger partial charge in [-0.2, -0.15) is 0 Å². The summed E-state index contributed by atoms with van der Waals surface area (Å²) in [6.07, 6.45) is 4.90. The van der Waals surface area contributed by atoms with Crippen molar-refractivity contribution in [2.45, 2.75) is 25.9 Å². The van der Waals surface area contributed by atoms with Gasteiger partial charge in [0.1, 0.15) is 5.60 Å². The summed E-state index contributed by atoms with van der Waals surface area (Å²) in [7, 11) is 0. The molecule has 2 nitrogen and oxygen atoms in total. The third-order valence-corrected chi connectivity index (χ3v) is 2.15. The Bertz CT molecular complexity index is 347. The summed E-state index contributed by atoms with van der Waals surface area (Å²) in [6, 6.07) is 7.78. The molecule has 0 saturated carbocycles. The highest BCUT2D eigenvalue weighted by Crippen LogP contribution is 2.12. The van der Waals surface area contributed by atoms with Crippen LogP contribution < -0.4 is 0 Å². The molecule has 2 heteroatoms. The van der Waals surface area contributed by atoms with Gasteiger partial charge in [-0.1, -0.05) is 36.4 Å². The van der Waals surface area contributed by atoms with E-state index in [1.165, 1.54) is 6.92 Å². The first-order valence-corrected chi connectivity index (χ1v) is 4.98. The van der Waals surface area contributed by atoms with Crippen LogP contribution in [-0.2, 0) is 11.2 Å². The second kappa shape index (κ2) is 4.89. The van der Waals surface area contributed by atoms with Crippen LogP contribution in [0.25, 0.3) is 6.08 Å². The molecule has 1 aromatic carbocycles. The molecule has 0 heterocycles. The molecular weight excluding hydrogens is 188 g/mol. The van der Waals surface area contributed by atoms with Gasteiger partial charge in [-0.05, 0) is 25.0 Å². The Labute approximate surface area is 90.3 Å². The fourth-order valence-electron chi connectivity index (χ4n) is 1.39. The van der Waals surface area contributed by atoms with Crippen LogP contribution in [-0.4, -0.2) is 17.0 Å². The average molecular weight is 204 g/mol. The lowest BCUT2D eigenvalue weighted by Crippen LogP contribution is -2.28. The molecule has 15 heavy (non-hydrogen) atoms. The molecule has 0 amide bonds. The van der Waals surface area contributed by atoms with E-state index >= 15 is 0 Å². The molecule has 0 aliphatic rings. The molecule has 0 bridgehead atoms. The largest absolute Gasteiger partial charge is 0.382 e. The Balaban J connectivity index is 2.76. The fourth-order valence-corrected chi connectivity index (χ4v) is 1.39. The van der Waals surface area contributed by atoms with Crippen LogP contribution in [0.1, 0.15) is 25.0 Å². The van der Waals surface area contributed by atoms with Gasteiger partial charge in [0.25, 0.3) is 0 Å². The van der Waals surface area contributed by atoms with Gasteiger partial charge in [-0.3, -0.25) is 0 Å². The van der Waals surface area contributed by atoms with E-state index in [0.29, 0.717) is 12.7 Å². The van der Waals surface area contributed by atoms with Gasteiger partial charge in [0.05, 0.1) is 0 Å². The Morgan fingerprint density at radius 3 is 2.40 bits per heavy atom.